The predicted octanol–water partition coefficient (Wildman–Crippen LogP) is 4.94. The van der Waals surface area contributed by atoms with Crippen LogP contribution in [0.2, 0.25) is 0 Å². The summed E-state index contributed by atoms with van der Waals surface area (Å²) in [6, 6.07) is 11.7. The second-order valence-corrected chi connectivity index (χ2v) is 9.93. The standard InChI is InChI=1S/C25H30FN3O2S/c26-20-17-18(6-7-21(20)27-25(30)23-4-2-15-31-23)8-10-28-11-13-29(14-12-28)22-3-1-5-24-19(22)9-16-32-24/h1-5,9,15-16,18,20-21H,6-8,10-14,17H2,(H,27,30). The molecule has 1 aliphatic heterocycles. The van der Waals surface area contributed by atoms with Crippen LogP contribution in [0.4, 0.5) is 10.1 Å². The molecular weight excluding hydrogens is 425 g/mol. The topological polar surface area (TPSA) is 48.7 Å². The summed E-state index contributed by atoms with van der Waals surface area (Å²) < 4.78 is 21.2. The van der Waals surface area contributed by atoms with Crippen LogP contribution < -0.4 is 10.2 Å². The molecule has 2 fully saturated rings. The number of nitrogens with zero attached hydrogens (tertiary/aromatic N) is 2. The number of furan rings is 1. The largest absolute Gasteiger partial charge is 0.459 e. The molecule has 32 heavy (non-hydrogen) atoms. The molecule has 0 spiro atoms. The van der Waals surface area contributed by atoms with Crippen molar-refractivity contribution in [2.75, 3.05) is 37.6 Å². The monoisotopic (exact) mass is 455 g/mol. The van der Waals surface area contributed by atoms with Gasteiger partial charge in [0.1, 0.15) is 6.17 Å². The van der Waals surface area contributed by atoms with Crippen molar-refractivity contribution in [3.63, 3.8) is 0 Å². The Morgan fingerprint density at radius 1 is 1.12 bits per heavy atom. The Morgan fingerprint density at radius 2 is 2.00 bits per heavy atom. The van der Waals surface area contributed by atoms with Crippen LogP contribution in [-0.2, 0) is 0 Å². The zero-order valence-electron chi connectivity index (χ0n) is 18.2. The van der Waals surface area contributed by atoms with Crippen molar-refractivity contribution < 1.29 is 13.6 Å². The molecular formula is C25H30FN3O2S. The fraction of sp³-hybridized carbons (Fsp3) is 0.480. The SMILES string of the molecule is O=C(NC1CCC(CCN2CCN(c3cccc4sccc34)CC2)CC1F)c1ccco1. The van der Waals surface area contributed by atoms with Crippen LogP contribution in [0.1, 0.15) is 36.2 Å². The molecule has 1 aliphatic carbocycles. The highest BCUT2D eigenvalue weighted by Crippen LogP contribution is 2.32. The fourth-order valence-corrected chi connectivity index (χ4v) is 5.91. The van der Waals surface area contributed by atoms with Gasteiger partial charge in [0.05, 0.1) is 12.3 Å². The second kappa shape index (κ2) is 9.63. The Morgan fingerprint density at radius 3 is 2.78 bits per heavy atom. The number of alkyl halides is 1. The van der Waals surface area contributed by atoms with Gasteiger partial charge >= 0.3 is 0 Å². The fourth-order valence-electron chi connectivity index (χ4n) is 5.10. The summed E-state index contributed by atoms with van der Waals surface area (Å²) in [4.78, 5) is 17.1. The lowest BCUT2D eigenvalue weighted by Crippen LogP contribution is -2.48. The van der Waals surface area contributed by atoms with Crippen LogP contribution in [-0.4, -0.2) is 55.7 Å². The van der Waals surface area contributed by atoms with Crippen molar-refractivity contribution in [3.05, 3.63) is 53.8 Å². The summed E-state index contributed by atoms with van der Waals surface area (Å²) in [6.07, 6.45) is 3.68. The van der Waals surface area contributed by atoms with E-state index in [-0.39, 0.29) is 11.7 Å². The van der Waals surface area contributed by atoms with Gasteiger partial charge in [-0.2, -0.15) is 0 Å². The molecule has 2 aliphatic rings. The van der Waals surface area contributed by atoms with Gasteiger partial charge in [0.2, 0.25) is 0 Å². The average Bonchev–Trinajstić information content (AvgIpc) is 3.52. The predicted molar refractivity (Wildman–Crippen MR) is 127 cm³/mol. The van der Waals surface area contributed by atoms with E-state index in [9.17, 15) is 9.18 Å². The summed E-state index contributed by atoms with van der Waals surface area (Å²) >= 11 is 1.80. The van der Waals surface area contributed by atoms with Gasteiger partial charge in [-0.15, -0.1) is 11.3 Å². The molecule has 170 valence electrons. The van der Waals surface area contributed by atoms with Crippen LogP contribution >= 0.6 is 11.3 Å². The second-order valence-electron chi connectivity index (χ2n) is 8.98. The lowest BCUT2D eigenvalue weighted by Gasteiger charge is -2.38. The van der Waals surface area contributed by atoms with Crippen LogP contribution in [0.15, 0.2) is 52.5 Å². The maximum Gasteiger partial charge on any atom is 0.287 e. The summed E-state index contributed by atoms with van der Waals surface area (Å²) in [5.41, 5.74) is 1.35. The molecule has 5 rings (SSSR count). The number of carbonyl (C=O) groups is 1. The maximum absolute atomic E-state index is 14.7. The average molecular weight is 456 g/mol. The first kappa shape index (κ1) is 21.5. The lowest BCUT2D eigenvalue weighted by molar-refractivity contribution is 0.0815. The van der Waals surface area contributed by atoms with Crippen molar-refractivity contribution in [3.8, 4) is 0 Å². The highest BCUT2D eigenvalue weighted by atomic mass is 32.1. The zero-order valence-corrected chi connectivity index (χ0v) is 19.0. The molecule has 3 atom stereocenters. The highest BCUT2D eigenvalue weighted by Gasteiger charge is 2.32. The van der Waals surface area contributed by atoms with Gasteiger partial charge in [0.15, 0.2) is 5.76 Å². The quantitative estimate of drug-likeness (QED) is 0.572. The molecule has 3 heterocycles. The third-order valence-electron chi connectivity index (χ3n) is 6.98. The van der Waals surface area contributed by atoms with Crippen molar-refractivity contribution in [2.45, 2.75) is 37.9 Å². The molecule has 1 saturated carbocycles. The third kappa shape index (κ3) is 4.69. The Balaban J connectivity index is 1.06. The minimum atomic E-state index is -0.990. The van der Waals surface area contributed by atoms with Gasteiger partial charge in [-0.25, -0.2) is 4.39 Å². The third-order valence-corrected chi connectivity index (χ3v) is 7.86. The van der Waals surface area contributed by atoms with Crippen molar-refractivity contribution >= 4 is 33.0 Å². The van der Waals surface area contributed by atoms with E-state index in [2.05, 4.69) is 44.8 Å². The molecule has 5 nitrogen and oxygen atoms in total. The number of halogens is 1. The van der Waals surface area contributed by atoms with Gasteiger partial charge < -0.3 is 14.6 Å². The van der Waals surface area contributed by atoms with Gasteiger partial charge in [-0.1, -0.05) is 6.07 Å². The Hall–Kier alpha value is -2.38. The van der Waals surface area contributed by atoms with Gasteiger partial charge in [0.25, 0.3) is 5.91 Å². The number of rotatable bonds is 6. The molecule has 7 heteroatoms. The molecule has 1 saturated heterocycles. The number of amides is 1. The number of piperazine rings is 1. The minimum Gasteiger partial charge on any atom is -0.459 e. The number of hydrogen-bond acceptors (Lipinski definition) is 5. The number of nitrogens with one attached hydrogen (secondary N) is 1. The maximum atomic E-state index is 14.7. The Bertz CT molecular complexity index is 1030. The van der Waals surface area contributed by atoms with E-state index in [1.54, 1.807) is 23.5 Å². The Labute approximate surface area is 192 Å². The molecule has 1 aromatic carbocycles. The molecule has 3 unspecified atom stereocenters. The molecule has 0 bridgehead atoms. The van der Waals surface area contributed by atoms with E-state index in [4.69, 9.17) is 4.42 Å². The molecule has 3 aromatic rings. The zero-order chi connectivity index (χ0) is 21.9. The van der Waals surface area contributed by atoms with Crippen LogP contribution in [0.5, 0.6) is 0 Å². The van der Waals surface area contributed by atoms with Gasteiger partial charge in [-0.3, -0.25) is 9.69 Å². The first-order valence-corrected chi connectivity index (χ1v) is 12.5. The molecule has 1 amide bonds. The minimum absolute atomic E-state index is 0.244. The smallest absolute Gasteiger partial charge is 0.287 e. The van der Waals surface area contributed by atoms with Gasteiger partial charge in [0, 0.05) is 42.0 Å². The van der Waals surface area contributed by atoms with Gasteiger partial charge in [-0.05, 0) is 73.9 Å². The van der Waals surface area contributed by atoms with E-state index in [0.717, 1.165) is 45.6 Å². The van der Waals surface area contributed by atoms with E-state index < -0.39 is 12.2 Å². The number of benzene rings is 1. The highest BCUT2D eigenvalue weighted by molar-refractivity contribution is 7.17. The number of fused-ring (bicyclic) bond motifs is 1. The van der Waals surface area contributed by atoms with Crippen LogP contribution in [0, 0.1) is 5.92 Å². The first-order valence-electron chi connectivity index (χ1n) is 11.6. The summed E-state index contributed by atoms with van der Waals surface area (Å²) in [5, 5.41) is 6.33. The number of thiophene rings is 1. The Kier molecular flexibility index (Phi) is 6.46. The summed E-state index contributed by atoms with van der Waals surface area (Å²) in [6.45, 7) is 5.19. The van der Waals surface area contributed by atoms with Crippen molar-refractivity contribution in [2.24, 2.45) is 5.92 Å². The number of carbonyl (C=O) groups excluding carboxylic acids is 1. The van der Waals surface area contributed by atoms with E-state index in [1.165, 1.54) is 22.0 Å². The van der Waals surface area contributed by atoms with E-state index in [1.807, 2.05) is 0 Å². The lowest BCUT2D eigenvalue weighted by atomic mass is 9.82. The summed E-state index contributed by atoms with van der Waals surface area (Å²) in [7, 11) is 0. The summed E-state index contributed by atoms with van der Waals surface area (Å²) in [5.74, 6) is 0.310. The van der Waals surface area contributed by atoms with E-state index >= 15 is 0 Å². The molecule has 2 aromatic heterocycles. The first-order chi connectivity index (χ1) is 15.7. The number of anilines is 1. The molecule has 0 radical (unpaired) electrons. The van der Waals surface area contributed by atoms with Crippen molar-refractivity contribution in [1.29, 1.82) is 0 Å². The normalized spacial score (nSPS) is 24.7. The number of hydrogen-bond donors (Lipinski definition) is 1. The van der Waals surface area contributed by atoms with Crippen LogP contribution in [0.3, 0.4) is 0 Å². The molecule has 1 N–H and O–H groups in total. The van der Waals surface area contributed by atoms with Crippen LogP contribution in [0.25, 0.3) is 10.1 Å². The van der Waals surface area contributed by atoms with E-state index in [0.29, 0.717) is 18.8 Å². The van der Waals surface area contributed by atoms with Crippen molar-refractivity contribution in [1.82, 2.24) is 10.2 Å².